The van der Waals surface area contributed by atoms with Crippen LogP contribution in [0.25, 0.3) is 11.4 Å². The number of alkyl halides is 3. The predicted octanol–water partition coefficient (Wildman–Crippen LogP) is 1.40. The lowest BCUT2D eigenvalue weighted by Gasteiger charge is -2.09. The van der Waals surface area contributed by atoms with Crippen LogP contribution in [0.4, 0.5) is 13.2 Å². The first-order valence-electron chi connectivity index (χ1n) is 6.16. The van der Waals surface area contributed by atoms with Gasteiger partial charge in [-0.15, -0.1) is 10.2 Å². The van der Waals surface area contributed by atoms with Gasteiger partial charge in [0.25, 0.3) is 0 Å². The number of benzene rings is 1. The molecule has 2 aromatic rings. The highest BCUT2D eigenvalue weighted by molar-refractivity contribution is 7.99. The first kappa shape index (κ1) is 16.9. The molecule has 0 spiro atoms. The quantitative estimate of drug-likeness (QED) is 0.482. The zero-order chi connectivity index (χ0) is 17.0. The number of aromatic nitrogens is 3. The minimum Gasteiger partial charge on any atom is -0.496 e. The lowest BCUT2D eigenvalue weighted by atomic mass is 10.2. The van der Waals surface area contributed by atoms with E-state index in [1.54, 1.807) is 24.3 Å². The van der Waals surface area contributed by atoms with Crippen LogP contribution in [0.1, 0.15) is 0 Å². The van der Waals surface area contributed by atoms with Crippen LogP contribution in [-0.2, 0) is 4.79 Å². The minimum atomic E-state index is -4.77. The third-order valence-corrected chi connectivity index (χ3v) is 3.57. The molecule has 1 aromatic heterocycles. The van der Waals surface area contributed by atoms with Gasteiger partial charge in [-0.25, -0.2) is 4.68 Å². The molecule has 0 aliphatic heterocycles. The molecular formula is C12H12F3N5O2S. The van der Waals surface area contributed by atoms with Gasteiger partial charge in [-0.1, -0.05) is 23.9 Å². The van der Waals surface area contributed by atoms with E-state index in [9.17, 15) is 18.0 Å². The number of para-hydroxylation sites is 1. The van der Waals surface area contributed by atoms with E-state index in [0.717, 1.165) is 21.8 Å². The Kier molecular flexibility index (Phi) is 4.98. The van der Waals surface area contributed by atoms with Crippen molar-refractivity contribution in [3.05, 3.63) is 24.3 Å². The summed E-state index contributed by atoms with van der Waals surface area (Å²) in [4.78, 5) is 11.2. The zero-order valence-corrected chi connectivity index (χ0v) is 12.6. The summed E-state index contributed by atoms with van der Waals surface area (Å²) in [5.74, 6) is 4.91. The molecule has 0 aliphatic rings. The maximum Gasteiger partial charge on any atom is 0.484 e. The number of rotatable bonds is 5. The van der Waals surface area contributed by atoms with Crippen molar-refractivity contribution in [3.8, 4) is 17.1 Å². The summed E-state index contributed by atoms with van der Waals surface area (Å²) < 4.78 is 42.3. The number of hydrogen-bond acceptors (Lipinski definition) is 6. The molecule has 0 fully saturated rings. The average Bonchev–Trinajstić information content (AvgIpc) is 2.84. The maximum absolute atomic E-state index is 12.0. The number of carbonyl (C=O) groups excluding carboxylic acids is 1. The Balaban J connectivity index is 2.12. The highest BCUT2D eigenvalue weighted by Crippen LogP contribution is 2.29. The van der Waals surface area contributed by atoms with Crippen LogP contribution in [0.3, 0.4) is 0 Å². The number of methoxy groups -OCH3 is 1. The van der Waals surface area contributed by atoms with Gasteiger partial charge in [0, 0.05) is 0 Å². The van der Waals surface area contributed by atoms with E-state index in [4.69, 9.17) is 10.6 Å². The fraction of sp³-hybridized carbons (Fsp3) is 0.250. The number of thioether (sulfide) groups is 1. The van der Waals surface area contributed by atoms with Crippen LogP contribution in [0, 0.1) is 0 Å². The molecule has 0 saturated heterocycles. The molecule has 0 unspecified atom stereocenters. The normalized spacial score (nSPS) is 11.3. The summed E-state index contributed by atoms with van der Waals surface area (Å²) in [5.41, 5.74) is 0.566. The largest absolute Gasteiger partial charge is 0.496 e. The van der Waals surface area contributed by atoms with Crippen molar-refractivity contribution in [1.82, 2.24) is 20.2 Å². The second-order valence-electron chi connectivity index (χ2n) is 4.21. The monoisotopic (exact) mass is 347 g/mol. The van der Waals surface area contributed by atoms with Crippen molar-refractivity contribution in [1.29, 1.82) is 0 Å². The van der Waals surface area contributed by atoms with E-state index < -0.39 is 18.0 Å². The molecule has 1 heterocycles. The summed E-state index contributed by atoms with van der Waals surface area (Å²) in [6, 6.07) is 6.91. The van der Waals surface area contributed by atoms with E-state index in [-0.39, 0.29) is 11.0 Å². The van der Waals surface area contributed by atoms with E-state index in [0.29, 0.717) is 11.3 Å². The molecule has 124 valence electrons. The van der Waals surface area contributed by atoms with Crippen molar-refractivity contribution in [3.63, 3.8) is 0 Å². The van der Waals surface area contributed by atoms with E-state index in [1.165, 1.54) is 7.11 Å². The fourth-order valence-corrected chi connectivity index (χ4v) is 2.37. The number of nitrogens with one attached hydrogen (secondary N) is 1. The molecule has 0 bridgehead atoms. The molecule has 0 aliphatic carbocycles. The molecule has 23 heavy (non-hydrogen) atoms. The molecule has 2 rings (SSSR count). The number of halogens is 3. The van der Waals surface area contributed by atoms with Crippen molar-refractivity contribution in [2.75, 3.05) is 18.7 Å². The van der Waals surface area contributed by atoms with Crippen LogP contribution in [0.2, 0.25) is 0 Å². The van der Waals surface area contributed by atoms with E-state index in [2.05, 4.69) is 10.2 Å². The fourth-order valence-electron chi connectivity index (χ4n) is 1.71. The average molecular weight is 347 g/mol. The van der Waals surface area contributed by atoms with Gasteiger partial charge in [-0.2, -0.15) is 13.2 Å². The lowest BCUT2D eigenvalue weighted by Crippen LogP contribution is -2.38. The molecule has 1 aromatic carbocycles. The standard InChI is InChI=1S/C12H12F3N5O2S/c1-22-8-5-3-2-4-7(8)10-18-19-11(20(10)16)23-6-9(21)17-12(13,14)15/h2-5H,6,16H2,1H3,(H,17,21). The zero-order valence-electron chi connectivity index (χ0n) is 11.8. The first-order chi connectivity index (χ1) is 10.8. The van der Waals surface area contributed by atoms with Gasteiger partial charge in [0.1, 0.15) is 5.75 Å². The second-order valence-corrected chi connectivity index (χ2v) is 5.15. The number of carbonyl (C=O) groups is 1. The van der Waals surface area contributed by atoms with Gasteiger partial charge in [-0.3, -0.25) is 10.1 Å². The molecule has 11 heteroatoms. The first-order valence-corrected chi connectivity index (χ1v) is 7.15. The van der Waals surface area contributed by atoms with Crippen molar-refractivity contribution in [2.24, 2.45) is 0 Å². The molecule has 7 nitrogen and oxygen atoms in total. The molecule has 1 amide bonds. The van der Waals surface area contributed by atoms with E-state index >= 15 is 0 Å². The predicted molar refractivity (Wildman–Crippen MR) is 77.1 cm³/mol. The van der Waals surface area contributed by atoms with Gasteiger partial charge < -0.3 is 10.6 Å². The molecule has 0 saturated carbocycles. The molecule has 0 radical (unpaired) electrons. The summed E-state index contributed by atoms with van der Waals surface area (Å²) >= 11 is 0.736. The van der Waals surface area contributed by atoms with Gasteiger partial charge in [0.2, 0.25) is 11.1 Å². The number of nitrogens with zero attached hydrogens (tertiary/aromatic N) is 3. The van der Waals surface area contributed by atoms with Crippen LogP contribution in [-0.4, -0.2) is 39.9 Å². The molecule has 3 N–H and O–H groups in total. The Morgan fingerprint density at radius 3 is 2.74 bits per heavy atom. The summed E-state index contributed by atoms with van der Waals surface area (Å²) in [5, 5.41) is 8.64. The number of ether oxygens (including phenoxy) is 1. The Morgan fingerprint density at radius 2 is 2.09 bits per heavy atom. The van der Waals surface area contributed by atoms with Crippen LogP contribution in [0.15, 0.2) is 29.4 Å². The van der Waals surface area contributed by atoms with Gasteiger partial charge in [0.15, 0.2) is 5.82 Å². The molecular weight excluding hydrogens is 335 g/mol. The highest BCUT2D eigenvalue weighted by Gasteiger charge is 2.30. The number of nitrogen functional groups attached to an aromatic ring is 1. The number of amides is 1. The highest BCUT2D eigenvalue weighted by atomic mass is 32.2. The van der Waals surface area contributed by atoms with E-state index in [1.807, 2.05) is 0 Å². The summed E-state index contributed by atoms with van der Waals surface area (Å²) in [7, 11) is 1.48. The topological polar surface area (TPSA) is 95.1 Å². The minimum absolute atomic E-state index is 0.100. The third-order valence-electron chi connectivity index (χ3n) is 2.63. The van der Waals surface area contributed by atoms with Crippen LogP contribution in [0.5, 0.6) is 5.75 Å². The number of hydrogen-bond donors (Lipinski definition) is 2. The Hall–Kier alpha value is -2.43. The smallest absolute Gasteiger partial charge is 0.484 e. The Labute approximate surface area is 133 Å². The second kappa shape index (κ2) is 6.77. The summed E-state index contributed by atoms with van der Waals surface area (Å²) in [6.45, 7) is 0. The summed E-state index contributed by atoms with van der Waals surface area (Å²) in [6.07, 6.45) is -4.77. The Morgan fingerprint density at radius 1 is 1.39 bits per heavy atom. The lowest BCUT2D eigenvalue weighted by molar-refractivity contribution is -0.168. The van der Waals surface area contributed by atoms with Crippen molar-refractivity contribution < 1.29 is 22.7 Å². The van der Waals surface area contributed by atoms with Gasteiger partial charge >= 0.3 is 6.30 Å². The van der Waals surface area contributed by atoms with Crippen LogP contribution < -0.4 is 15.9 Å². The van der Waals surface area contributed by atoms with Crippen LogP contribution >= 0.6 is 11.8 Å². The number of nitrogens with two attached hydrogens (primary N) is 1. The third kappa shape index (κ3) is 4.28. The molecule has 0 atom stereocenters. The van der Waals surface area contributed by atoms with Gasteiger partial charge in [-0.05, 0) is 12.1 Å². The van der Waals surface area contributed by atoms with Crippen molar-refractivity contribution >= 4 is 17.7 Å². The SMILES string of the molecule is COc1ccccc1-c1nnc(SCC(=O)NC(F)(F)F)n1N. The van der Waals surface area contributed by atoms with Crippen molar-refractivity contribution in [2.45, 2.75) is 11.5 Å². The van der Waals surface area contributed by atoms with Gasteiger partial charge in [0.05, 0.1) is 18.4 Å². The maximum atomic E-state index is 12.0. The Bertz CT molecular complexity index is 704.